The van der Waals surface area contributed by atoms with Crippen molar-refractivity contribution in [1.82, 2.24) is 4.90 Å². The van der Waals surface area contributed by atoms with Crippen LogP contribution in [0, 0.1) is 0 Å². The Morgan fingerprint density at radius 2 is 1.69 bits per heavy atom. The second-order valence-electron chi connectivity index (χ2n) is 7.63. The van der Waals surface area contributed by atoms with Gasteiger partial charge in [-0.15, -0.1) is 0 Å². The SMILES string of the molecule is CC(C)(C)OC(=O)N1CCc2ccccc2[C@@H]1CC(=O)c1ccccc1. The molecule has 0 saturated carbocycles. The lowest BCUT2D eigenvalue weighted by molar-refractivity contribution is 0.0137. The minimum Gasteiger partial charge on any atom is -0.444 e. The van der Waals surface area contributed by atoms with E-state index in [0.29, 0.717) is 12.1 Å². The number of Topliss-reactive ketones (excluding diaryl/α,β-unsaturated/α-hetero) is 1. The fourth-order valence-corrected chi connectivity index (χ4v) is 3.33. The van der Waals surface area contributed by atoms with Crippen LogP contribution in [0.25, 0.3) is 0 Å². The van der Waals surface area contributed by atoms with Crippen molar-refractivity contribution in [2.24, 2.45) is 0 Å². The molecule has 0 aliphatic carbocycles. The number of benzene rings is 2. The van der Waals surface area contributed by atoms with E-state index >= 15 is 0 Å². The molecule has 1 amide bonds. The number of carbonyl (C=O) groups excluding carboxylic acids is 2. The molecule has 2 aromatic rings. The summed E-state index contributed by atoms with van der Waals surface area (Å²) in [5.74, 6) is 0.0286. The number of amides is 1. The van der Waals surface area contributed by atoms with E-state index in [4.69, 9.17) is 4.74 Å². The number of nitrogens with zero attached hydrogens (tertiary/aromatic N) is 1. The topological polar surface area (TPSA) is 46.6 Å². The summed E-state index contributed by atoms with van der Waals surface area (Å²) in [7, 11) is 0. The number of fused-ring (bicyclic) bond motifs is 1. The van der Waals surface area contributed by atoms with Crippen molar-refractivity contribution in [3.63, 3.8) is 0 Å². The molecule has 0 radical (unpaired) electrons. The molecule has 0 saturated heterocycles. The quantitative estimate of drug-likeness (QED) is 0.747. The van der Waals surface area contributed by atoms with Gasteiger partial charge in [0.05, 0.1) is 6.04 Å². The van der Waals surface area contributed by atoms with Crippen molar-refractivity contribution in [2.45, 2.75) is 45.3 Å². The lowest BCUT2D eigenvalue weighted by atomic mass is 9.89. The second kappa shape index (κ2) is 7.32. The first kappa shape index (κ1) is 18.2. The Labute approximate surface area is 154 Å². The maximum Gasteiger partial charge on any atom is 0.410 e. The fourth-order valence-electron chi connectivity index (χ4n) is 3.33. The summed E-state index contributed by atoms with van der Waals surface area (Å²) in [6.45, 7) is 6.12. The molecular weight excluding hydrogens is 326 g/mol. The summed E-state index contributed by atoms with van der Waals surface area (Å²) in [6.07, 6.45) is 0.656. The number of hydrogen-bond donors (Lipinski definition) is 0. The average Bonchev–Trinajstić information content (AvgIpc) is 2.61. The Kier molecular flexibility index (Phi) is 5.12. The van der Waals surface area contributed by atoms with Crippen LogP contribution < -0.4 is 0 Å². The third-order valence-corrected chi connectivity index (χ3v) is 4.51. The Bertz CT molecular complexity index is 793. The number of rotatable bonds is 3. The van der Waals surface area contributed by atoms with Gasteiger partial charge < -0.3 is 9.64 Å². The summed E-state index contributed by atoms with van der Waals surface area (Å²) in [4.78, 5) is 27.2. The van der Waals surface area contributed by atoms with Crippen molar-refractivity contribution in [3.8, 4) is 0 Å². The molecule has 4 nitrogen and oxygen atoms in total. The highest BCUT2D eigenvalue weighted by Gasteiger charge is 2.34. The zero-order chi connectivity index (χ0) is 18.7. The van der Waals surface area contributed by atoms with Gasteiger partial charge in [-0.25, -0.2) is 4.79 Å². The van der Waals surface area contributed by atoms with Crippen LogP contribution in [0.4, 0.5) is 4.79 Å². The third kappa shape index (κ3) is 4.13. The smallest absolute Gasteiger partial charge is 0.410 e. The largest absolute Gasteiger partial charge is 0.444 e. The first-order valence-corrected chi connectivity index (χ1v) is 9.01. The molecule has 1 aliphatic heterocycles. The van der Waals surface area contributed by atoms with E-state index in [-0.39, 0.29) is 24.3 Å². The van der Waals surface area contributed by atoms with Crippen LogP contribution in [0.5, 0.6) is 0 Å². The molecule has 0 unspecified atom stereocenters. The molecule has 1 heterocycles. The van der Waals surface area contributed by atoms with Crippen LogP contribution in [-0.4, -0.2) is 28.9 Å². The Morgan fingerprint density at radius 1 is 1.04 bits per heavy atom. The van der Waals surface area contributed by atoms with E-state index in [1.54, 1.807) is 4.90 Å². The van der Waals surface area contributed by atoms with E-state index in [2.05, 4.69) is 6.07 Å². The van der Waals surface area contributed by atoms with Crippen LogP contribution in [-0.2, 0) is 11.2 Å². The summed E-state index contributed by atoms with van der Waals surface area (Å²) in [5, 5.41) is 0. The third-order valence-electron chi connectivity index (χ3n) is 4.51. The van der Waals surface area contributed by atoms with Crippen molar-refractivity contribution >= 4 is 11.9 Å². The molecule has 1 aliphatic rings. The van der Waals surface area contributed by atoms with Gasteiger partial charge in [0.15, 0.2) is 5.78 Å². The number of ketones is 1. The van der Waals surface area contributed by atoms with Crippen molar-refractivity contribution in [3.05, 3.63) is 71.3 Å². The predicted octanol–water partition coefficient (Wildman–Crippen LogP) is 4.79. The summed E-state index contributed by atoms with van der Waals surface area (Å²) in [5.41, 5.74) is 2.33. The molecule has 0 spiro atoms. The molecule has 0 aromatic heterocycles. The van der Waals surface area contributed by atoms with Gasteiger partial charge in [-0.3, -0.25) is 4.79 Å². The van der Waals surface area contributed by atoms with Crippen LogP contribution in [0.1, 0.15) is 54.7 Å². The first-order chi connectivity index (χ1) is 12.3. The summed E-state index contributed by atoms with van der Waals surface area (Å²) < 4.78 is 5.59. The van der Waals surface area contributed by atoms with E-state index in [9.17, 15) is 9.59 Å². The molecule has 0 bridgehead atoms. The number of ether oxygens (including phenoxy) is 1. The van der Waals surface area contributed by atoms with Gasteiger partial charge in [-0.1, -0.05) is 54.6 Å². The van der Waals surface area contributed by atoms with Crippen molar-refractivity contribution in [2.75, 3.05) is 6.54 Å². The van der Waals surface area contributed by atoms with Gasteiger partial charge in [0.1, 0.15) is 5.60 Å². The minimum absolute atomic E-state index is 0.0286. The highest BCUT2D eigenvalue weighted by Crippen LogP contribution is 2.34. The second-order valence-corrected chi connectivity index (χ2v) is 7.63. The first-order valence-electron chi connectivity index (χ1n) is 9.01. The van der Waals surface area contributed by atoms with Crippen LogP contribution in [0.2, 0.25) is 0 Å². The molecule has 136 valence electrons. The normalized spacial score (nSPS) is 16.7. The standard InChI is InChI=1S/C22H25NO3/c1-22(2,3)26-21(25)23-14-13-16-9-7-8-12-18(16)19(23)15-20(24)17-10-5-4-6-11-17/h4-12,19H,13-15H2,1-3H3/t19-/m0/s1. The van der Waals surface area contributed by atoms with E-state index in [1.807, 2.05) is 69.3 Å². The van der Waals surface area contributed by atoms with Crippen molar-refractivity contribution in [1.29, 1.82) is 0 Å². The maximum absolute atomic E-state index is 12.8. The zero-order valence-corrected chi connectivity index (χ0v) is 15.6. The summed E-state index contributed by atoms with van der Waals surface area (Å²) in [6, 6.07) is 17.0. The highest BCUT2D eigenvalue weighted by molar-refractivity contribution is 5.96. The Hall–Kier alpha value is -2.62. The van der Waals surface area contributed by atoms with E-state index in [1.165, 1.54) is 5.56 Å². The lowest BCUT2D eigenvalue weighted by Gasteiger charge is -2.38. The monoisotopic (exact) mass is 351 g/mol. The van der Waals surface area contributed by atoms with Gasteiger partial charge in [0, 0.05) is 18.5 Å². The molecule has 0 fully saturated rings. The van der Waals surface area contributed by atoms with Crippen molar-refractivity contribution < 1.29 is 14.3 Å². The molecule has 2 aromatic carbocycles. The Morgan fingerprint density at radius 3 is 2.38 bits per heavy atom. The van der Waals surface area contributed by atoms with Gasteiger partial charge in [-0.2, -0.15) is 0 Å². The molecule has 1 atom stereocenters. The molecule has 3 rings (SSSR count). The Balaban J connectivity index is 1.90. The molecule has 4 heteroatoms. The van der Waals surface area contributed by atoms with Crippen LogP contribution >= 0.6 is 0 Å². The molecule has 0 N–H and O–H groups in total. The van der Waals surface area contributed by atoms with Crippen LogP contribution in [0.3, 0.4) is 0 Å². The van der Waals surface area contributed by atoms with Gasteiger partial charge in [-0.05, 0) is 38.3 Å². The molecule has 26 heavy (non-hydrogen) atoms. The van der Waals surface area contributed by atoms with Crippen LogP contribution in [0.15, 0.2) is 54.6 Å². The van der Waals surface area contributed by atoms with Gasteiger partial charge in [0.25, 0.3) is 0 Å². The lowest BCUT2D eigenvalue weighted by Crippen LogP contribution is -2.43. The predicted molar refractivity (Wildman–Crippen MR) is 101 cm³/mol. The number of carbonyl (C=O) groups is 2. The van der Waals surface area contributed by atoms with Gasteiger partial charge in [0.2, 0.25) is 0 Å². The average molecular weight is 351 g/mol. The van der Waals surface area contributed by atoms with E-state index < -0.39 is 5.60 Å². The fraction of sp³-hybridized carbons (Fsp3) is 0.364. The van der Waals surface area contributed by atoms with Gasteiger partial charge >= 0.3 is 6.09 Å². The molecular formula is C22H25NO3. The zero-order valence-electron chi connectivity index (χ0n) is 15.6. The minimum atomic E-state index is -0.567. The van der Waals surface area contributed by atoms with E-state index in [0.717, 1.165) is 12.0 Å². The highest BCUT2D eigenvalue weighted by atomic mass is 16.6. The summed E-state index contributed by atoms with van der Waals surface area (Å²) >= 11 is 0. The maximum atomic E-state index is 12.8. The number of hydrogen-bond acceptors (Lipinski definition) is 3.